The zero-order chi connectivity index (χ0) is 14.9. The van der Waals surface area contributed by atoms with Crippen molar-refractivity contribution in [2.45, 2.75) is 39.8 Å². The van der Waals surface area contributed by atoms with Crippen LogP contribution in [0.4, 0.5) is 5.69 Å². The van der Waals surface area contributed by atoms with Crippen LogP contribution in [-0.4, -0.2) is 9.78 Å². The second kappa shape index (κ2) is 5.66. The first kappa shape index (κ1) is 15.2. The molecule has 0 aliphatic rings. The Morgan fingerprint density at radius 3 is 2.50 bits per heavy atom. The summed E-state index contributed by atoms with van der Waals surface area (Å²) in [5, 5.41) is 9.05. The summed E-state index contributed by atoms with van der Waals surface area (Å²) in [6, 6.07) is 3.72. The molecular formula is C15H19Cl2N3. The maximum Gasteiger partial charge on any atom is 0.0641 e. The highest BCUT2D eigenvalue weighted by atomic mass is 35.5. The second-order valence-electron chi connectivity index (χ2n) is 5.90. The van der Waals surface area contributed by atoms with Crippen LogP contribution in [-0.2, 0) is 12.1 Å². The molecule has 1 aromatic heterocycles. The van der Waals surface area contributed by atoms with E-state index in [1.54, 1.807) is 0 Å². The van der Waals surface area contributed by atoms with Gasteiger partial charge < -0.3 is 5.32 Å². The number of benzene rings is 1. The molecule has 20 heavy (non-hydrogen) atoms. The van der Waals surface area contributed by atoms with E-state index in [9.17, 15) is 0 Å². The van der Waals surface area contributed by atoms with E-state index in [1.807, 2.05) is 36.1 Å². The molecule has 1 N–H and O–H groups in total. The molecule has 3 nitrogen and oxygen atoms in total. The fourth-order valence-electron chi connectivity index (χ4n) is 1.80. The zero-order valence-electron chi connectivity index (χ0n) is 12.2. The summed E-state index contributed by atoms with van der Waals surface area (Å²) < 4.78 is 1.95. The minimum Gasteiger partial charge on any atom is -0.380 e. The standard InChI is InChI=1S/C15H19Cl2N3/c1-10-5-13(17)14(6-12(10)16)18-7-11-8-19-20(9-11)15(2,3)4/h5-6,8-9,18H,7H2,1-4H3. The molecule has 0 spiro atoms. The van der Waals surface area contributed by atoms with E-state index in [4.69, 9.17) is 23.2 Å². The van der Waals surface area contributed by atoms with Crippen molar-refractivity contribution in [3.8, 4) is 0 Å². The number of hydrogen-bond donors (Lipinski definition) is 1. The van der Waals surface area contributed by atoms with Crippen LogP contribution in [0.2, 0.25) is 10.0 Å². The van der Waals surface area contributed by atoms with Gasteiger partial charge in [-0.2, -0.15) is 5.10 Å². The second-order valence-corrected chi connectivity index (χ2v) is 6.71. The molecule has 0 amide bonds. The van der Waals surface area contributed by atoms with E-state index in [0.717, 1.165) is 16.8 Å². The lowest BCUT2D eigenvalue weighted by Gasteiger charge is -2.18. The number of halogens is 2. The Labute approximate surface area is 129 Å². The van der Waals surface area contributed by atoms with Gasteiger partial charge in [-0.1, -0.05) is 23.2 Å². The van der Waals surface area contributed by atoms with Crippen molar-refractivity contribution in [1.82, 2.24) is 9.78 Å². The van der Waals surface area contributed by atoms with Crippen molar-refractivity contribution < 1.29 is 0 Å². The fraction of sp³-hybridized carbons (Fsp3) is 0.400. The minimum absolute atomic E-state index is 0.0109. The van der Waals surface area contributed by atoms with E-state index >= 15 is 0 Å². The Hall–Kier alpha value is -1.19. The van der Waals surface area contributed by atoms with Crippen LogP contribution in [0, 0.1) is 6.92 Å². The molecule has 1 aromatic carbocycles. The summed E-state index contributed by atoms with van der Waals surface area (Å²) in [5.41, 5.74) is 2.91. The number of nitrogens with one attached hydrogen (secondary N) is 1. The van der Waals surface area contributed by atoms with Gasteiger partial charge in [0.05, 0.1) is 22.4 Å². The first-order chi connectivity index (χ1) is 9.27. The molecule has 0 radical (unpaired) electrons. The van der Waals surface area contributed by atoms with Crippen molar-refractivity contribution in [2.75, 3.05) is 5.32 Å². The molecule has 108 valence electrons. The van der Waals surface area contributed by atoms with E-state index in [1.165, 1.54) is 0 Å². The summed E-state index contributed by atoms with van der Waals surface area (Å²) in [4.78, 5) is 0. The molecule has 0 saturated carbocycles. The van der Waals surface area contributed by atoms with Crippen molar-refractivity contribution in [3.63, 3.8) is 0 Å². The predicted octanol–water partition coefficient (Wildman–Crippen LogP) is 4.87. The Kier molecular flexibility index (Phi) is 4.31. The summed E-state index contributed by atoms with van der Waals surface area (Å²) >= 11 is 12.3. The number of rotatable bonds is 3. The monoisotopic (exact) mass is 311 g/mol. The molecule has 0 bridgehead atoms. The van der Waals surface area contributed by atoms with Crippen molar-refractivity contribution in [2.24, 2.45) is 0 Å². The Balaban J connectivity index is 2.09. The minimum atomic E-state index is -0.0109. The molecule has 2 rings (SSSR count). The summed E-state index contributed by atoms with van der Waals surface area (Å²) in [6.45, 7) is 8.95. The van der Waals surface area contributed by atoms with Crippen molar-refractivity contribution in [3.05, 3.63) is 45.7 Å². The van der Waals surface area contributed by atoms with Gasteiger partial charge in [-0.05, 0) is 45.4 Å². The Morgan fingerprint density at radius 2 is 1.90 bits per heavy atom. The van der Waals surface area contributed by atoms with E-state index in [0.29, 0.717) is 16.6 Å². The summed E-state index contributed by atoms with van der Waals surface area (Å²) in [5.74, 6) is 0. The number of anilines is 1. The number of aryl methyl sites for hydroxylation is 1. The van der Waals surface area contributed by atoms with Crippen LogP contribution in [0.3, 0.4) is 0 Å². The fourth-order valence-corrected chi connectivity index (χ4v) is 2.25. The SMILES string of the molecule is Cc1cc(Cl)c(NCc2cnn(C(C)(C)C)c2)cc1Cl. The largest absolute Gasteiger partial charge is 0.380 e. The van der Waals surface area contributed by atoms with Crippen LogP contribution in [0.5, 0.6) is 0 Å². The highest BCUT2D eigenvalue weighted by Crippen LogP contribution is 2.29. The molecule has 0 aliphatic carbocycles. The first-order valence-electron chi connectivity index (χ1n) is 6.51. The van der Waals surface area contributed by atoms with Crippen LogP contribution < -0.4 is 5.32 Å². The Bertz CT molecular complexity index is 612. The smallest absolute Gasteiger partial charge is 0.0641 e. The number of aromatic nitrogens is 2. The lowest BCUT2D eigenvalue weighted by atomic mass is 10.1. The molecule has 0 aliphatic heterocycles. The highest BCUT2D eigenvalue weighted by Gasteiger charge is 2.14. The lowest BCUT2D eigenvalue weighted by Crippen LogP contribution is -2.21. The third-order valence-electron chi connectivity index (χ3n) is 3.05. The van der Waals surface area contributed by atoms with Gasteiger partial charge in [0, 0.05) is 23.3 Å². The van der Waals surface area contributed by atoms with Crippen molar-refractivity contribution in [1.29, 1.82) is 0 Å². The lowest BCUT2D eigenvalue weighted by molar-refractivity contribution is 0.355. The van der Waals surface area contributed by atoms with E-state index in [2.05, 4.69) is 31.2 Å². The third kappa shape index (κ3) is 3.47. The first-order valence-corrected chi connectivity index (χ1v) is 7.26. The molecule has 0 unspecified atom stereocenters. The molecule has 0 fully saturated rings. The van der Waals surface area contributed by atoms with Crippen LogP contribution in [0.1, 0.15) is 31.9 Å². The topological polar surface area (TPSA) is 29.9 Å². The van der Waals surface area contributed by atoms with Gasteiger partial charge in [0.25, 0.3) is 0 Å². The van der Waals surface area contributed by atoms with Gasteiger partial charge in [-0.3, -0.25) is 4.68 Å². The molecular weight excluding hydrogens is 293 g/mol. The average Bonchev–Trinajstić information content (AvgIpc) is 2.80. The molecule has 1 heterocycles. The quantitative estimate of drug-likeness (QED) is 0.876. The van der Waals surface area contributed by atoms with Crippen molar-refractivity contribution >= 4 is 28.9 Å². The predicted molar refractivity (Wildman–Crippen MR) is 85.7 cm³/mol. The maximum atomic E-state index is 6.20. The molecule has 5 heteroatoms. The molecule has 0 saturated heterocycles. The van der Waals surface area contributed by atoms with Gasteiger partial charge in [-0.15, -0.1) is 0 Å². The number of hydrogen-bond acceptors (Lipinski definition) is 2. The molecule has 2 aromatic rings. The van der Waals surface area contributed by atoms with E-state index < -0.39 is 0 Å². The van der Waals surface area contributed by atoms with Crippen LogP contribution in [0.25, 0.3) is 0 Å². The Morgan fingerprint density at radius 1 is 1.20 bits per heavy atom. The zero-order valence-corrected chi connectivity index (χ0v) is 13.7. The summed E-state index contributed by atoms with van der Waals surface area (Å²) in [6.07, 6.45) is 3.90. The van der Waals surface area contributed by atoms with Gasteiger partial charge >= 0.3 is 0 Å². The van der Waals surface area contributed by atoms with Gasteiger partial charge in [0.2, 0.25) is 0 Å². The van der Waals surface area contributed by atoms with Crippen LogP contribution in [0.15, 0.2) is 24.5 Å². The van der Waals surface area contributed by atoms with Crippen LogP contribution >= 0.6 is 23.2 Å². The third-order valence-corrected chi connectivity index (χ3v) is 3.77. The van der Waals surface area contributed by atoms with E-state index in [-0.39, 0.29) is 5.54 Å². The average molecular weight is 312 g/mol. The normalized spacial score (nSPS) is 11.7. The number of nitrogens with zero attached hydrogens (tertiary/aromatic N) is 2. The maximum absolute atomic E-state index is 6.20. The summed E-state index contributed by atoms with van der Waals surface area (Å²) in [7, 11) is 0. The highest BCUT2D eigenvalue weighted by molar-refractivity contribution is 6.35. The molecule has 0 atom stereocenters. The van der Waals surface area contributed by atoms with Gasteiger partial charge in [-0.25, -0.2) is 0 Å². The van der Waals surface area contributed by atoms with Gasteiger partial charge in [0.15, 0.2) is 0 Å². The van der Waals surface area contributed by atoms with Gasteiger partial charge in [0.1, 0.15) is 0 Å².